The van der Waals surface area contributed by atoms with Crippen molar-refractivity contribution in [3.63, 3.8) is 0 Å². The van der Waals surface area contributed by atoms with E-state index in [-0.39, 0.29) is 41.2 Å². The Morgan fingerprint density at radius 1 is 1.28 bits per heavy atom. The molecule has 0 saturated carbocycles. The van der Waals surface area contributed by atoms with Crippen molar-refractivity contribution in [1.29, 1.82) is 0 Å². The van der Waals surface area contributed by atoms with Gasteiger partial charge in [0.1, 0.15) is 5.69 Å². The van der Waals surface area contributed by atoms with E-state index >= 15 is 0 Å². The van der Waals surface area contributed by atoms with Gasteiger partial charge in [0.2, 0.25) is 5.91 Å². The third kappa shape index (κ3) is 4.41. The van der Waals surface area contributed by atoms with Gasteiger partial charge in [-0.3, -0.25) is 4.79 Å². The first-order valence-corrected chi connectivity index (χ1v) is 11.5. The molecule has 10 heteroatoms. The molecule has 0 radical (unpaired) electrons. The van der Waals surface area contributed by atoms with E-state index in [1.807, 2.05) is 0 Å². The summed E-state index contributed by atoms with van der Waals surface area (Å²) >= 11 is 0. The van der Waals surface area contributed by atoms with Crippen molar-refractivity contribution >= 4 is 26.8 Å². The summed E-state index contributed by atoms with van der Waals surface area (Å²) in [5, 5.41) is 0. The van der Waals surface area contributed by atoms with Crippen LogP contribution in [0.3, 0.4) is 0 Å². The molecule has 1 amide bonds. The third-order valence-corrected chi connectivity index (χ3v) is 7.63. The molecule has 2 atom stereocenters. The number of fused-ring (bicyclic) bond motifs is 1. The molecule has 4 rings (SSSR count). The molecule has 0 bridgehead atoms. The number of piperidine rings is 1. The van der Waals surface area contributed by atoms with Crippen molar-refractivity contribution in [3.8, 4) is 0 Å². The number of pyridine rings is 1. The van der Waals surface area contributed by atoms with Gasteiger partial charge in [0.05, 0.1) is 22.5 Å². The molecule has 158 valence electrons. The van der Waals surface area contributed by atoms with Gasteiger partial charge in [-0.15, -0.1) is 0 Å². The summed E-state index contributed by atoms with van der Waals surface area (Å²) in [5.74, 6) is 0.0423. The number of aromatic nitrogens is 2. The number of nitrogens with zero attached hydrogens (tertiary/aromatic N) is 2. The maximum absolute atomic E-state index is 12.9. The average Bonchev–Trinajstić information content (AvgIpc) is 3.23. The van der Waals surface area contributed by atoms with Gasteiger partial charge in [0, 0.05) is 31.1 Å². The molecule has 6 nitrogen and oxygen atoms in total. The van der Waals surface area contributed by atoms with E-state index in [1.165, 1.54) is 6.07 Å². The second kappa shape index (κ2) is 7.30. The second-order valence-electron chi connectivity index (χ2n) is 8.00. The van der Waals surface area contributed by atoms with E-state index in [0.717, 1.165) is 24.6 Å². The highest BCUT2D eigenvalue weighted by molar-refractivity contribution is 7.91. The van der Waals surface area contributed by atoms with Crippen molar-refractivity contribution in [2.24, 2.45) is 5.92 Å². The van der Waals surface area contributed by atoms with Crippen LogP contribution in [0.2, 0.25) is 0 Å². The standard InChI is InChI=1S/C19H22F3N3O3S/c20-19(21,22)17-4-3-14-16(24-17)9-15(23-14)13-2-1-6-25(10-13)18(26)8-12-5-7-29(27,28)11-12/h3-4,9,12-13,23H,1-2,5-8,10-11H2/t12-,13-/m1/s1. The SMILES string of the molecule is O=C(C[C@H]1CCS(=O)(=O)C1)N1CCC[C@@H](c2cc3nc(C(F)(F)F)ccc3[nH]2)C1. The minimum Gasteiger partial charge on any atom is -0.357 e. The average molecular weight is 429 g/mol. The molecular formula is C19H22F3N3O3S. The van der Waals surface area contributed by atoms with Crippen LogP contribution in [0.25, 0.3) is 11.0 Å². The first-order chi connectivity index (χ1) is 13.6. The number of nitrogens with one attached hydrogen (secondary N) is 1. The molecule has 0 spiro atoms. The lowest BCUT2D eigenvalue weighted by Crippen LogP contribution is -2.40. The predicted molar refractivity (Wildman–Crippen MR) is 101 cm³/mol. The molecule has 2 aliphatic heterocycles. The molecule has 2 fully saturated rings. The van der Waals surface area contributed by atoms with Gasteiger partial charge in [-0.2, -0.15) is 13.2 Å². The zero-order valence-corrected chi connectivity index (χ0v) is 16.5. The van der Waals surface area contributed by atoms with E-state index in [2.05, 4.69) is 9.97 Å². The lowest BCUT2D eigenvalue weighted by atomic mass is 9.94. The lowest BCUT2D eigenvalue weighted by molar-refractivity contribution is -0.141. The first kappa shape index (κ1) is 20.2. The number of alkyl halides is 3. The minimum atomic E-state index is -4.49. The van der Waals surface area contributed by atoms with Crippen molar-refractivity contribution < 1.29 is 26.4 Å². The lowest BCUT2D eigenvalue weighted by Gasteiger charge is -2.33. The molecule has 2 aliphatic rings. The molecule has 2 saturated heterocycles. The number of hydrogen-bond donors (Lipinski definition) is 1. The molecule has 2 aromatic heterocycles. The number of H-pyrrole nitrogens is 1. The Balaban J connectivity index is 1.46. The fraction of sp³-hybridized carbons (Fsp3) is 0.579. The highest BCUT2D eigenvalue weighted by Gasteiger charge is 2.34. The van der Waals surface area contributed by atoms with Gasteiger partial charge >= 0.3 is 6.18 Å². The predicted octanol–water partition coefficient (Wildman–Crippen LogP) is 3.11. The maximum Gasteiger partial charge on any atom is 0.433 e. The third-order valence-electron chi connectivity index (χ3n) is 5.79. The summed E-state index contributed by atoms with van der Waals surface area (Å²) in [7, 11) is -3.02. The maximum atomic E-state index is 12.9. The van der Waals surface area contributed by atoms with E-state index in [4.69, 9.17) is 0 Å². The van der Waals surface area contributed by atoms with Gasteiger partial charge in [-0.25, -0.2) is 13.4 Å². The zero-order valence-electron chi connectivity index (χ0n) is 15.7. The van der Waals surface area contributed by atoms with E-state index in [1.54, 1.807) is 11.0 Å². The Hall–Kier alpha value is -2.10. The molecule has 0 unspecified atom stereocenters. The smallest absolute Gasteiger partial charge is 0.357 e. The van der Waals surface area contributed by atoms with E-state index < -0.39 is 21.7 Å². The van der Waals surface area contributed by atoms with Crippen LogP contribution in [0.15, 0.2) is 18.2 Å². The molecule has 1 N–H and O–H groups in total. The fourth-order valence-corrected chi connectivity index (χ4v) is 6.14. The number of rotatable bonds is 3. The molecular weight excluding hydrogens is 407 g/mol. The number of likely N-dealkylation sites (tertiary alicyclic amines) is 1. The number of aromatic amines is 1. The molecule has 4 heterocycles. The second-order valence-corrected chi connectivity index (χ2v) is 10.2. The summed E-state index contributed by atoms with van der Waals surface area (Å²) in [6, 6.07) is 3.96. The number of carbonyl (C=O) groups excluding carboxylic acids is 1. The highest BCUT2D eigenvalue weighted by atomic mass is 32.2. The van der Waals surface area contributed by atoms with Crippen LogP contribution in [0.4, 0.5) is 13.2 Å². The van der Waals surface area contributed by atoms with Crippen LogP contribution in [-0.4, -0.2) is 53.8 Å². The van der Waals surface area contributed by atoms with Crippen LogP contribution in [-0.2, 0) is 20.8 Å². The number of amides is 1. The number of sulfone groups is 1. The van der Waals surface area contributed by atoms with Gasteiger partial charge < -0.3 is 9.88 Å². The minimum absolute atomic E-state index is 0.0106. The molecule has 0 aliphatic carbocycles. The van der Waals surface area contributed by atoms with Crippen molar-refractivity contribution in [1.82, 2.24) is 14.9 Å². The van der Waals surface area contributed by atoms with Crippen molar-refractivity contribution in [2.45, 2.75) is 37.8 Å². The highest BCUT2D eigenvalue weighted by Crippen LogP contribution is 2.32. The quantitative estimate of drug-likeness (QED) is 0.813. The van der Waals surface area contributed by atoms with E-state index in [9.17, 15) is 26.4 Å². The van der Waals surface area contributed by atoms with Crippen molar-refractivity contribution in [2.75, 3.05) is 24.6 Å². The molecule has 29 heavy (non-hydrogen) atoms. The summed E-state index contributed by atoms with van der Waals surface area (Å²) in [6.07, 6.45) is -2.13. The van der Waals surface area contributed by atoms with Crippen LogP contribution < -0.4 is 0 Å². The summed E-state index contributed by atoms with van der Waals surface area (Å²) in [4.78, 5) is 21.2. The van der Waals surface area contributed by atoms with Gasteiger partial charge in [-0.05, 0) is 43.4 Å². The Kier molecular flexibility index (Phi) is 5.08. The topological polar surface area (TPSA) is 83.1 Å². The van der Waals surface area contributed by atoms with E-state index in [0.29, 0.717) is 25.0 Å². The van der Waals surface area contributed by atoms with Crippen LogP contribution in [0, 0.1) is 5.92 Å². The number of carbonyl (C=O) groups is 1. The van der Waals surface area contributed by atoms with Gasteiger partial charge in [0.25, 0.3) is 0 Å². The Bertz CT molecular complexity index is 1030. The summed E-state index contributed by atoms with van der Waals surface area (Å²) < 4.78 is 61.8. The Labute approximate surface area is 166 Å². The largest absolute Gasteiger partial charge is 0.433 e. The normalized spacial score (nSPS) is 24.9. The first-order valence-electron chi connectivity index (χ1n) is 9.66. The van der Waals surface area contributed by atoms with Crippen molar-refractivity contribution in [3.05, 3.63) is 29.6 Å². The van der Waals surface area contributed by atoms with Gasteiger partial charge in [-0.1, -0.05) is 0 Å². The number of halogens is 3. The summed E-state index contributed by atoms with van der Waals surface area (Å²) in [6.45, 7) is 1.09. The van der Waals surface area contributed by atoms with Crippen LogP contribution in [0.1, 0.15) is 43.0 Å². The summed E-state index contributed by atoms with van der Waals surface area (Å²) in [5.41, 5.74) is 0.636. The molecule has 0 aromatic carbocycles. The van der Waals surface area contributed by atoms with Gasteiger partial charge in [0.15, 0.2) is 9.84 Å². The molecule has 2 aromatic rings. The monoisotopic (exact) mass is 429 g/mol. The number of hydrogen-bond acceptors (Lipinski definition) is 4. The Morgan fingerprint density at radius 3 is 2.76 bits per heavy atom. The Morgan fingerprint density at radius 2 is 2.07 bits per heavy atom. The van der Waals surface area contributed by atoms with Crippen LogP contribution >= 0.6 is 0 Å². The van der Waals surface area contributed by atoms with Crippen LogP contribution in [0.5, 0.6) is 0 Å². The zero-order chi connectivity index (χ0) is 20.8. The fourth-order valence-electron chi connectivity index (χ4n) is 4.27.